The Morgan fingerprint density at radius 1 is 0.727 bits per heavy atom. The van der Waals surface area contributed by atoms with E-state index in [-0.39, 0.29) is 0 Å². The molecule has 0 saturated carbocycles. The lowest BCUT2D eigenvalue weighted by molar-refractivity contribution is -0.131. The minimum Gasteiger partial charge on any atom is -0.478 e. The molecule has 0 saturated heterocycles. The number of rotatable bonds is 14. The van der Waals surface area contributed by atoms with E-state index in [9.17, 15) is 4.79 Å². The number of allylic oxidation sites excluding steroid dienone is 7. The van der Waals surface area contributed by atoms with Crippen LogP contribution < -0.4 is 0 Å². The molecule has 0 aromatic rings. The molecule has 0 spiro atoms. The summed E-state index contributed by atoms with van der Waals surface area (Å²) in [6.45, 7) is 2.25. The highest BCUT2D eigenvalue weighted by Crippen LogP contribution is 2.07. The van der Waals surface area contributed by atoms with Crippen LogP contribution in [0.3, 0.4) is 0 Å². The van der Waals surface area contributed by atoms with E-state index >= 15 is 0 Å². The van der Waals surface area contributed by atoms with Gasteiger partial charge in [0, 0.05) is 6.08 Å². The largest absolute Gasteiger partial charge is 0.478 e. The van der Waals surface area contributed by atoms with E-state index in [4.69, 9.17) is 5.11 Å². The number of hydrogen-bond acceptors (Lipinski definition) is 1. The average Bonchev–Trinajstić information content (AvgIpc) is 2.50. The number of aliphatic carboxylic acids is 1. The van der Waals surface area contributed by atoms with Crippen molar-refractivity contribution in [3.05, 3.63) is 48.6 Å². The standard InChI is InChI=1S/C20H32O2/c1-2-3-4-5-6-7-8-9-10-11-12-13-14-15-16-17-18-19-20(21)22/h9-10,14-19H,2-8,11-13H2,1H3,(H,21,22). The predicted molar refractivity (Wildman–Crippen MR) is 96.0 cm³/mol. The number of carboxylic acid groups (broad SMARTS) is 1. The molecule has 0 unspecified atom stereocenters. The summed E-state index contributed by atoms with van der Waals surface area (Å²) >= 11 is 0. The Morgan fingerprint density at radius 2 is 1.32 bits per heavy atom. The highest BCUT2D eigenvalue weighted by atomic mass is 16.4. The number of hydrogen-bond donors (Lipinski definition) is 1. The number of carbonyl (C=O) groups is 1. The van der Waals surface area contributed by atoms with E-state index in [1.807, 2.05) is 12.2 Å². The van der Waals surface area contributed by atoms with Gasteiger partial charge >= 0.3 is 5.97 Å². The van der Waals surface area contributed by atoms with Gasteiger partial charge in [0.05, 0.1) is 0 Å². The van der Waals surface area contributed by atoms with Crippen LogP contribution in [-0.4, -0.2) is 11.1 Å². The lowest BCUT2D eigenvalue weighted by Crippen LogP contribution is -1.84. The highest BCUT2D eigenvalue weighted by Gasteiger charge is 1.88. The molecule has 0 aliphatic heterocycles. The van der Waals surface area contributed by atoms with Gasteiger partial charge < -0.3 is 5.11 Å². The van der Waals surface area contributed by atoms with Crippen molar-refractivity contribution in [2.75, 3.05) is 0 Å². The quantitative estimate of drug-likeness (QED) is 0.179. The van der Waals surface area contributed by atoms with E-state index in [0.29, 0.717) is 0 Å². The molecule has 124 valence electrons. The molecule has 0 bridgehead atoms. The first-order valence-corrected chi connectivity index (χ1v) is 8.65. The number of unbranched alkanes of at least 4 members (excludes halogenated alkanes) is 8. The SMILES string of the molecule is CCCCCCCCC=CCCCC=CC=CC=CC(=O)O. The zero-order chi connectivity index (χ0) is 16.3. The first kappa shape index (κ1) is 20.4. The van der Waals surface area contributed by atoms with Crippen molar-refractivity contribution in [2.45, 2.75) is 71.1 Å². The van der Waals surface area contributed by atoms with Crippen LogP contribution in [0.5, 0.6) is 0 Å². The van der Waals surface area contributed by atoms with Crippen LogP contribution in [0.25, 0.3) is 0 Å². The molecule has 0 amide bonds. The number of carboxylic acids is 1. The summed E-state index contributed by atoms with van der Waals surface area (Å²) in [6, 6.07) is 0. The van der Waals surface area contributed by atoms with Gasteiger partial charge in [-0.2, -0.15) is 0 Å². The second kappa shape index (κ2) is 17.5. The first-order chi connectivity index (χ1) is 10.8. The van der Waals surface area contributed by atoms with Crippen LogP contribution in [0.2, 0.25) is 0 Å². The van der Waals surface area contributed by atoms with Gasteiger partial charge in [0.15, 0.2) is 0 Å². The summed E-state index contributed by atoms with van der Waals surface area (Å²) in [5.41, 5.74) is 0. The zero-order valence-electron chi connectivity index (χ0n) is 14.0. The van der Waals surface area contributed by atoms with Crippen LogP contribution in [-0.2, 0) is 4.79 Å². The molecule has 0 rings (SSSR count). The lowest BCUT2D eigenvalue weighted by atomic mass is 10.1. The summed E-state index contributed by atoms with van der Waals surface area (Å²) in [6.07, 6.45) is 27.7. The fourth-order valence-electron chi connectivity index (χ4n) is 2.07. The summed E-state index contributed by atoms with van der Waals surface area (Å²) in [5, 5.41) is 8.39. The fraction of sp³-hybridized carbons (Fsp3) is 0.550. The highest BCUT2D eigenvalue weighted by molar-refractivity contribution is 5.80. The third kappa shape index (κ3) is 18.4. The van der Waals surface area contributed by atoms with Crippen molar-refractivity contribution >= 4 is 5.97 Å². The molecule has 0 aliphatic rings. The van der Waals surface area contributed by atoms with E-state index in [2.05, 4.69) is 25.2 Å². The summed E-state index contributed by atoms with van der Waals surface area (Å²) in [7, 11) is 0. The third-order valence-corrected chi connectivity index (χ3v) is 3.34. The van der Waals surface area contributed by atoms with Crippen LogP contribution in [0.4, 0.5) is 0 Å². The van der Waals surface area contributed by atoms with Crippen LogP contribution in [0.15, 0.2) is 48.6 Å². The molecule has 0 aliphatic carbocycles. The van der Waals surface area contributed by atoms with E-state index in [1.54, 1.807) is 6.08 Å². The van der Waals surface area contributed by atoms with Gasteiger partial charge in [-0.05, 0) is 32.1 Å². The maximum atomic E-state index is 10.2. The van der Waals surface area contributed by atoms with Crippen LogP contribution in [0.1, 0.15) is 71.1 Å². The van der Waals surface area contributed by atoms with Gasteiger partial charge in [0.25, 0.3) is 0 Å². The zero-order valence-corrected chi connectivity index (χ0v) is 14.0. The van der Waals surface area contributed by atoms with E-state index in [0.717, 1.165) is 18.9 Å². The van der Waals surface area contributed by atoms with Gasteiger partial charge in [0.1, 0.15) is 0 Å². The van der Waals surface area contributed by atoms with Crippen molar-refractivity contribution in [2.24, 2.45) is 0 Å². The Morgan fingerprint density at radius 3 is 2.05 bits per heavy atom. The summed E-state index contributed by atoms with van der Waals surface area (Å²) < 4.78 is 0. The molecule has 0 fully saturated rings. The first-order valence-electron chi connectivity index (χ1n) is 8.65. The normalized spacial score (nSPS) is 12.4. The molecule has 0 aromatic carbocycles. The molecule has 2 heteroatoms. The molecule has 0 aromatic heterocycles. The van der Waals surface area contributed by atoms with Gasteiger partial charge in [0.2, 0.25) is 0 Å². The second-order valence-corrected chi connectivity index (χ2v) is 5.47. The summed E-state index contributed by atoms with van der Waals surface area (Å²) in [5.74, 6) is -0.915. The molecule has 0 radical (unpaired) electrons. The Hall–Kier alpha value is -1.57. The van der Waals surface area contributed by atoms with Gasteiger partial charge in [-0.3, -0.25) is 0 Å². The van der Waals surface area contributed by atoms with E-state index in [1.165, 1.54) is 57.4 Å². The molecule has 0 heterocycles. The van der Waals surface area contributed by atoms with Crippen molar-refractivity contribution in [1.29, 1.82) is 0 Å². The minimum atomic E-state index is -0.915. The topological polar surface area (TPSA) is 37.3 Å². The van der Waals surface area contributed by atoms with Crippen molar-refractivity contribution in [3.8, 4) is 0 Å². The molecule has 22 heavy (non-hydrogen) atoms. The minimum absolute atomic E-state index is 0.915. The van der Waals surface area contributed by atoms with Crippen LogP contribution in [0, 0.1) is 0 Å². The molecule has 2 nitrogen and oxygen atoms in total. The molecular formula is C20H32O2. The fourth-order valence-corrected chi connectivity index (χ4v) is 2.07. The average molecular weight is 304 g/mol. The Balaban J connectivity index is 3.34. The maximum Gasteiger partial charge on any atom is 0.328 e. The van der Waals surface area contributed by atoms with Gasteiger partial charge in [-0.25, -0.2) is 4.79 Å². The van der Waals surface area contributed by atoms with Gasteiger partial charge in [-0.15, -0.1) is 0 Å². The molecular weight excluding hydrogens is 272 g/mol. The monoisotopic (exact) mass is 304 g/mol. The Kier molecular flexibility index (Phi) is 16.2. The Labute approximate surface area is 136 Å². The molecule has 0 atom stereocenters. The summed E-state index contributed by atoms with van der Waals surface area (Å²) in [4.78, 5) is 10.2. The van der Waals surface area contributed by atoms with Crippen LogP contribution >= 0.6 is 0 Å². The van der Waals surface area contributed by atoms with Crippen molar-refractivity contribution in [3.63, 3.8) is 0 Å². The van der Waals surface area contributed by atoms with Crippen molar-refractivity contribution < 1.29 is 9.90 Å². The smallest absolute Gasteiger partial charge is 0.328 e. The van der Waals surface area contributed by atoms with Gasteiger partial charge in [-0.1, -0.05) is 81.6 Å². The second-order valence-electron chi connectivity index (χ2n) is 5.47. The third-order valence-electron chi connectivity index (χ3n) is 3.34. The lowest BCUT2D eigenvalue weighted by Gasteiger charge is -1.97. The maximum absolute atomic E-state index is 10.2. The van der Waals surface area contributed by atoms with Crippen molar-refractivity contribution in [1.82, 2.24) is 0 Å². The predicted octanol–water partition coefficient (Wildman–Crippen LogP) is 6.22. The Bertz CT molecular complexity index is 362. The van der Waals surface area contributed by atoms with E-state index < -0.39 is 5.97 Å². The molecule has 1 N–H and O–H groups in total.